The van der Waals surface area contributed by atoms with E-state index in [0.29, 0.717) is 5.92 Å². The third-order valence-electron chi connectivity index (χ3n) is 5.08. The first-order valence-corrected chi connectivity index (χ1v) is 10.3. The molecule has 27 heavy (non-hydrogen) atoms. The van der Waals surface area contributed by atoms with Crippen molar-refractivity contribution in [3.63, 3.8) is 0 Å². The van der Waals surface area contributed by atoms with Gasteiger partial charge in [0.25, 0.3) is 0 Å². The molecule has 3 aromatic rings. The lowest BCUT2D eigenvalue weighted by Gasteiger charge is -2.17. The fraction of sp³-hybridized carbons (Fsp3) is 0.200. The van der Waals surface area contributed by atoms with Crippen molar-refractivity contribution in [2.45, 2.75) is 32.6 Å². The van der Waals surface area contributed by atoms with Gasteiger partial charge in [-0.25, -0.2) is 0 Å². The molecule has 0 aliphatic heterocycles. The van der Waals surface area contributed by atoms with Crippen molar-refractivity contribution in [1.82, 2.24) is 0 Å². The quantitative estimate of drug-likeness (QED) is 0.316. The first-order chi connectivity index (χ1) is 13.1. The summed E-state index contributed by atoms with van der Waals surface area (Å²) >= 11 is 9.72. The van der Waals surface area contributed by atoms with E-state index in [2.05, 4.69) is 74.5 Å². The zero-order valence-corrected chi connectivity index (χ0v) is 17.7. The molecule has 138 valence electrons. The van der Waals surface area contributed by atoms with Crippen molar-refractivity contribution in [3.8, 4) is 0 Å². The molecule has 3 aromatic carbocycles. The summed E-state index contributed by atoms with van der Waals surface area (Å²) in [5, 5.41) is 0. The second kappa shape index (κ2) is 9.34. The lowest BCUT2D eigenvalue weighted by molar-refractivity contribution is 0.733. The van der Waals surface area contributed by atoms with Gasteiger partial charge in [0.1, 0.15) is 0 Å². The van der Waals surface area contributed by atoms with Crippen molar-refractivity contribution < 1.29 is 0 Å². The van der Waals surface area contributed by atoms with E-state index in [9.17, 15) is 0 Å². The fourth-order valence-electron chi connectivity index (χ4n) is 3.19. The Morgan fingerprint density at radius 2 is 1.44 bits per heavy atom. The van der Waals surface area contributed by atoms with Crippen LogP contribution in [0.25, 0.3) is 9.81 Å². The predicted octanol–water partition coefficient (Wildman–Crippen LogP) is 7.48. The lowest BCUT2D eigenvalue weighted by atomic mass is 9.91. The highest BCUT2D eigenvalue weighted by Crippen LogP contribution is 2.36. The lowest BCUT2D eigenvalue weighted by Crippen LogP contribution is -1.99. The summed E-state index contributed by atoms with van der Waals surface area (Å²) in [5.41, 5.74) is 6.20. The summed E-state index contributed by atoms with van der Waals surface area (Å²) in [6, 6.07) is 27.6. The normalized spacial score (nSPS) is 13.2. The molecule has 1 unspecified atom stereocenters. The zero-order valence-electron chi connectivity index (χ0n) is 15.9. The van der Waals surface area contributed by atoms with Crippen molar-refractivity contribution in [3.05, 3.63) is 107 Å². The Kier molecular flexibility index (Phi) is 6.87. The van der Waals surface area contributed by atoms with Crippen LogP contribution in [0.4, 0.5) is 0 Å². The zero-order chi connectivity index (χ0) is 19.2. The van der Waals surface area contributed by atoms with Gasteiger partial charge in [-0.1, -0.05) is 92.7 Å². The van der Waals surface area contributed by atoms with Gasteiger partial charge in [-0.15, -0.1) is 25.3 Å². The van der Waals surface area contributed by atoms with Gasteiger partial charge in [-0.05, 0) is 46.6 Å². The van der Waals surface area contributed by atoms with Crippen molar-refractivity contribution in [2.75, 3.05) is 0 Å². The average molecular weight is 391 g/mol. The molecular weight excluding hydrogens is 364 g/mol. The molecule has 0 aliphatic carbocycles. The van der Waals surface area contributed by atoms with Gasteiger partial charge in [-0.2, -0.15) is 0 Å². The van der Waals surface area contributed by atoms with Gasteiger partial charge in [0, 0.05) is 9.81 Å². The van der Waals surface area contributed by atoms with E-state index in [1.807, 2.05) is 18.2 Å². The van der Waals surface area contributed by atoms with E-state index >= 15 is 0 Å². The number of hydrogen-bond acceptors (Lipinski definition) is 2. The minimum atomic E-state index is 0.524. The Morgan fingerprint density at radius 1 is 0.815 bits per heavy atom. The third kappa shape index (κ3) is 4.88. The van der Waals surface area contributed by atoms with E-state index in [1.54, 1.807) is 0 Å². The second-order valence-electron chi connectivity index (χ2n) is 6.95. The monoisotopic (exact) mass is 390 g/mol. The Bertz CT molecular complexity index is 912. The van der Waals surface area contributed by atoms with Crippen LogP contribution in [0.15, 0.2) is 78.9 Å². The largest absolute Gasteiger partial charge is 0.142 e. The first-order valence-electron chi connectivity index (χ1n) is 9.45. The van der Waals surface area contributed by atoms with Crippen molar-refractivity contribution in [2.24, 2.45) is 0 Å². The van der Waals surface area contributed by atoms with E-state index < -0.39 is 0 Å². The maximum atomic E-state index is 4.91. The molecule has 0 amide bonds. The van der Waals surface area contributed by atoms with Crippen molar-refractivity contribution >= 4 is 35.1 Å². The van der Waals surface area contributed by atoms with Crippen molar-refractivity contribution in [1.29, 1.82) is 0 Å². The predicted molar refractivity (Wildman–Crippen MR) is 126 cm³/mol. The van der Waals surface area contributed by atoms with E-state index in [1.165, 1.54) is 22.3 Å². The number of rotatable bonds is 6. The van der Waals surface area contributed by atoms with E-state index in [0.717, 1.165) is 28.2 Å². The number of thiol groups is 2. The van der Waals surface area contributed by atoms with Crippen LogP contribution in [0.1, 0.15) is 54.0 Å². The molecule has 0 spiro atoms. The summed E-state index contributed by atoms with van der Waals surface area (Å²) in [7, 11) is 0. The molecular formula is C25H26S2. The van der Waals surface area contributed by atoms with Gasteiger partial charge < -0.3 is 0 Å². The average Bonchev–Trinajstić information content (AvgIpc) is 2.73. The van der Waals surface area contributed by atoms with Crippen LogP contribution in [-0.4, -0.2) is 0 Å². The molecule has 0 N–H and O–H groups in total. The Labute approximate surface area is 174 Å². The standard InChI is InChI=1S/C25H26S2/c1-3-18(2)21-14-15-22(16-19-10-6-4-7-11-19)23(17-21)25(27)24(26)20-12-8-5-9-13-20/h4-15,17-18,26-27H,3,16H2,1-2H3. The molecule has 0 aromatic heterocycles. The molecule has 0 radical (unpaired) electrons. The Hall–Kier alpha value is -1.90. The van der Waals surface area contributed by atoms with Crippen LogP contribution in [0.5, 0.6) is 0 Å². The van der Waals surface area contributed by atoms with Gasteiger partial charge >= 0.3 is 0 Å². The molecule has 0 saturated heterocycles. The third-order valence-corrected chi connectivity index (χ3v) is 6.20. The summed E-state index contributed by atoms with van der Waals surface area (Å²) in [4.78, 5) is 1.84. The van der Waals surface area contributed by atoms with Gasteiger partial charge in [-0.3, -0.25) is 0 Å². The van der Waals surface area contributed by atoms with Crippen LogP contribution in [-0.2, 0) is 6.42 Å². The van der Waals surface area contributed by atoms with E-state index in [4.69, 9.17) is 25.3 Å². The number of benzene rings is 3. The minimum absolute atomic E-state index is 0.524. The fourth-order valence-corrected chi connectivity index (χ4v) is 3.79. The van der Waals surface area contributed by atoms with Gasteiger partial charge in [0.15, 0.2) is 0 Å². The molecule has 0 bridgehead atoms. The molecule has 0 aliphatic rings. The molecule has 1 atom stereocenters. The summed E-state index contributed by atoms with van der Waals surface area (Å²) in [6.07, 6.45) is 2.01. The van der Waals surface area contributed by atoms with Gasteiger partial charge in [0.2, 0.25) is 0 Å². The van der Waals surface area contributed by atoms with Crippen LogP contribution < -0.4 is 0 Å². The van der Waals surface area contributed by atoms with Crippen LogP contribution in [0.3, 0.4) is 0 Å². The Balaban J connectivity index is 2.09. The topological polar surface area (TPSA) is 0 Å². The molecule has 0 fully saturated rings. The molecule has 2 heteroatoms. The van der Waals surface area contributed by atoms with Crippen LogP contribution in [0.2, 0.25) is 0 Å². The van der Waals surface area contributed by atoms with E-state index in [-0.39, 0.29) is 0 Å². The molecule has 0 nitrogen and oxygen atoms in total. The second-order valence-corrected chi connectivity index (χ2v) is 7.85. The Morgan fingerprint density at radius 3 is 2.07 bits per heavy atom. The van der Waals surface area contributed by atoms with Gasteiger partial charge in [0.05, 0.1) is 0 Å². The molecule has 0 heterocycles. The highest BCUT2D eigenvalue weighted by atomic mass is 32.1. The first kappa shape index (κ1) is 19.9. The summed E-state index contributed by atoms with van der Waals surface area (Å²) in [6.45, 7) is 4.50. The maximum absolute atomic E-state index is 4.91. The molecule has 0 saturated carbocycles. The highest BCUT2D eigenvalue weighted by Gasteiger charge is 2.13. The molecule has 3 rings (SSSR count). The maximum Gasteiger partial charge on any atom is 0.0256 e. The van der Waals surface area contributed by atoms with Crippen LogP contribution >= 0.6 is 25.3 Å². The summed E-state index contributed by atoms with van der Waals surface area (Å²) < 4.78 is 0. The minimum Gasteiger partial charge on any atom is -0.142 e. The SMILES string of the molecule is CCC(C)c1ccc(Cc2ccccc2)c(C(S)=C(S)c2ccccc2)c1. The van der Waals surface area contributed by atoms with Crippen LogP contribution in [0, 0.1) is 0 Å². The summed E-state index contributed by atoms with van der Waals surface area (Å²) in [5.74, 6) is 0.524. The number of hydrogen-bond donors (Lipinski definition) is 2. The highest BCUT2D eigenvalue weighted by molar-refractivity contribution is 7.96. The smallest absolute Gasteiger partial charge is 0.0256 e.